The summed E-state index contributed by atoms with van der Waals surface area (Å²) in [5.41, 5.74) is 4.01. The summed E-state index contributed by atoms with van der Waals surface area (Å²) in [5, 5.41) is 13.1. The van der Waals surface area contributed by atoms with Crippen molar-refractivity contribution in [2.24, 2.45) is 4.99 Å². The largest absolute Gasteiger partial charge is 0.507 e. The van der Waals surface area contributed by atoms with Crippen LogP contribution in [-0.2, 0) is 0 Å². The highest BCUT2D eigenvalue weighted by atomic mass is 32.1. The molecule has 0 aliphatic rings. The van der Waals surface area contributed by atoms with E-state index in [0.29, 0.717) is 16.3 Å². The fourth-order valence-corrected chi connectivity index (χ4v) is 3.21. The van der Waals surface area contributed by atoms with Gasteiger partial charge in [0.1, 0.15) is 5.75 Å². The number of phenols is 1. The highest BCUT2D eigenvalue weighted by Gasteiger charge is 2.11. The van der Waals surface area contributed by atoms with Gasteiger partial charge in [0, 0.05) is 28.9 Å². The summed E-state index contributed by atoms with van der Waals surface area (Å²) in [6.07, 6.45) is 6.63. The van der Waals surface area contributed by atoms with E-state index in [1.54, 1.807) is 24.6 Å². The Hall–Kier alpha value is -3.05. The number of allylic oxidation sites excluding steroid dienone is 1. The van der Waals surface area contributed by atoms with Crippen LogP contribution in [0.3, 0.4) is 0 Å². The van der Waals surface area contributed by atoms with Crippen LogP contribution in [0.15, 0.2) is 59.0 Å². The van der Waals surface area contributed by atoms with Gasteiger partial charge in [0.15, 0.2) is 5.78 Å². The fraction of sp³-hybridized carbons (Fsp3) is 0.174. The van der Waals surface area contributed by atoms with E-state index in [1.807, 2.05) is 62.5 Å². The third-order valence-electron chi connectivity index (χ3n) is 4.31. The smallest absolute Gasteiger partial charge is 0.209 e. The molecular weight excluding hydrogens is 368 g/mol. The molecule has 0 spiro atoms. The third-order valence-corrected chi connectivity index (χ3v) is 4.99. The summed E-state index contributed by atoms with van der Waals surface area (Å²) in [6.45, 7) is 6.02. The molecule has 1 heterocycles. The number of hydrogen-bond donors (Lipinski definition) is 1. The number of hydrogen-bond acceptors (Lipinski definition) is 5. The maximum atomic E-state index is 12.4. The van der Waals surface area contributed by atoms with E-state index in [1.165, 1.54) is 11.3 Å². The number of ketones is 1. The Morgan fingerprint density at radius 2 is 1.96 bits per heavy atom. The number of nitrogens with zero attached hydrogens (tertiary/aromatic N) is 2. The Morgan fingerprint density at radius 3 is 2.61 bits per heavy atom. The SMILES string of the molecule is Cc1ccc(C(=O)/C=C/c2cc(C=Nc3nccs3)c(O)c(C(C)C)c2)cc1. The van der Waals surface area contributed by atoms with Crippen LogP contribution in [0.25, 0.3) is 6.08 Å². The van der Waals surface area contributed by atoms with Gasteiger partial charge in [-0.3, -0.25) is 4.79 Å². The first-order valence-electron chi connectivity index (χ1n) is 9.03. The second kappa shape index (κ2) is 8.76. The molecule has 0 saturated carbocycles. The van der Waals surface area contributed by atoms with Crippen molar-refractivity contribution < 1.29 is 9.90 Å². The van der Waals surface area contributed by atoms with Crippen LogP contribution in [-0.4, -0.2) is 22.1 Å². The number of aliphatic imine (C=N–C) groups is 1. The lowest BCUT2D eigenvalue weighted by Crippen LogP contribution is -1.96. The lowest BCUT2D eigenvalue weighted by molar-refractivity contribution is 0.104. The van der Waals surface area contributed by atoms with Gasteiger partial charge in [-0.15, -0.1) is 11.3 Å². The molecule has 0 aliphatic carbocycles. The van der Waals surface area contributed by atoms with Crippen LogP contribution in [0.5, 0.6) is 5.75 Å². The number of carbonyl (C=O) groups is 1. The summed E-state index contributed by atoms with van der Waals surface area (Å²) >= 11 is 1.43. The Labute approximate surface area is 168 Å². The fourth-order valence-electron chi connectivity index (χ4n) is 2.73. The van der Waals surface area contributed by atoms with E-state index < -0.39 is 0 Å². The quantitative estimate of drug-likeness (QED) is 0.322. The molecule has 0 radical (unpaired) electrons. The Kier molecular flexibility index (Phi) is 6.16. The summed E-state index contributed by atoms with van der Waals surface area (Å²) in [5.74, 6) is 0.280. The second-order valence-electron chi connectivity index (χ2n) is 6.84. The van der Waals surface area contributed by atoms with Gasteiger partial charge in [-0.2, -0.15) is 0 Å². The Bertz CT molecular complexity index is 1020. The molecule has 4 nitrogen and oxygen atoms in total. The highest BCUT2D eigenvalue weighted by molar-refractivity contribution is 7.13. The lowest BCUT2D eigenvalue weighted by Gasteiger charge is -2.12. The van der Waals surface area contributed by atoms with Gasteiger partial charge >= 0.3 is 0 Å². The van der Waals surface area contributed by atoms with Gasteiger partial charge in [0.25, 0.3) is 0 Å². The summed E-state index contributed by atoms with van der Waals surface area (Å²) in [6, 6.07) is 11.2. The third kappa shape index (κ3) is 4.81. The topological polar surface area (TPSA) is 62.5 Å². The first-order chi connectivity index (χ1) is 13.4. The highest BCUT2D eigenvalue weighted by Crippen LogP contribution is 2.31. The van der Waals surface area contributed by atoms with E-state index in [-0.39, 0.29) is 17.5 Å². The van der Waals surface area contributed by atoms with E-state index in [2.05, 4.69) is 9.98 Å². The molecule has 0 amide bonds. The first kappa shape index (κ1) is 19.7. The van der Waals surface area contributed by atoms with Crippen LogP contribution in [0.2, 0.25) is 0 Å². The average molecular weight is 391 g/mol. The van der Waals surface area contributed by atoms with E-state index in [4.69, 9.17) is 0 Å². The van der Waals surface area contributed by atoms with Crippen molar-refractivity contribution >= 4 is 34.5 Å². The van der Waals surface area contributed by atoms with Crippen molar-refractivity contribution in [2.45, 2.75) is 26.7 Å². The molecule has 1 aromatic heterocycles. The minimum Gasteiger partial charge on any atom is -0.507 e. The predicted octanol–water partition coefficient (Wildman–Crippen LogP) is 5.93. The van der Waals surface area contributed by atoms with Crippen molar-refractivity contribution in [1.29, 1.82) is 0 Å². The van der Waals surface area contributed by atoms with Gasteiger partial charge in [0.2, 0.25) is 5.13 Å². The van der Waals surface area contributed by atoms with Gasteiger partial charge < -0.3 is 5.11 Å². The van der Waals surface area contributed by atoms with Crippen molar-refractivity contribution in [3.63, 3.8) is 0 Å². The molecule has 0 saturated heterocycles. The molecule has 28 heavy (non-hydrogen) atoms. The van der Waals surface area contributed by atoms with E-state index in [0.717, 1.165) is 16.7 Å². The number of rotatable bonds is 6. The summed E-state index contributed by atoms with van der Waals surface area (Å²) in [4.78, 5) is 20.9. The summed E-state index contributed by atoms with van der Waals surface area (Å²) < 4.78 is 0. The molecule has 0 bridgehead atoms. The standard InChI is InChI=1S/C23H22N2O2S/c1-15(2)20-13-17(6-9-21(26)18-7-4-16(3)5-8-18)12-19(22(20)27)14-25-23-24-10-11-28-23/h4-15,27H,1-3H3/b9-6+,25-14?. The van der Waals surface area contributed by atoms with Crippen molar-refractivity contribution in [3.8, 4) is 5.75 Å². The molecule has 3 aromatic rings. The zero-order valence-electron chi connectivity index (χ0n) is 16.1. The molecule has 2 aromatic carbocycles. The number of aryl methyl sites for hydroxylation is 1. The molecule has 0 aliphatic heterocycles. The first-order valence-corrected chi connectivity index (χ1v) is 9.91. The molecule has 1 N–H and O–H groups in total. The molecule has 5 heteroatoms. The van der Waals surface area contributed by atoms with Crippen LogP contribution in [0, 0.1) is 6.92 Å². The van der Waals surface area contributed by atoms with Gasteiger partial charge in [-0.05, 0) is 42.2 Å². The maximum Gasteiger partial charge on any atom is 0.209 e. The molecular formula is C23H22N2O2S. The zero-order valence-corrected chi connectivity index (χ0v) is 16.9. The number of thiazole rings is 1. The maximum absolute atomic E-state index is 12.4. The number of aromatic nitrogens is 1. The Morgan fingerprint density at radius 1 is 1.21 bits per heavy atom. The average Bonchev–Trinajstić information content (AvgIpc) is 3.19. The number of aromatic hydroxyl groups is 1. The normalized spacial score (nSPS) is 11.7. The predicted molar refractivity (Wildman–Crippen MR) is 116 cm³/mol. The van der Waals surface area contributed by atoms with E-state index >= 15 is 0 Å². The molecule has 3 rings (SSSR count). The summed E-state index contributed by atoms with van der Waals surface area (Å²) in [7, 11) is 0. The van der Waals surface area contributed by atoms with Crippen LogP contribution in [0.4, 0.5) is 5.13 Å². The minimum absolute atomic E-state index is 0.0582. The van der Waals surface area contributed by atoms with Crippen molar-refractivity contribution in [1.82, 2.24) is 4.98 Å². The number of phenolic OH excluding ortho intramolecular Hbond substituents is 1. The number of carbonyl (C=O) groups excluding carboxylic acids is 1. The second-order valence-corrected chi connectivity index (χ2v) is 7.71. The van der Waals surface area contributed by atoms with Gasteiger partial charge in [-0.25, -0.2) is 9.98 Å². The van der Waals surface area contributed by atoms with E-state index in [9.17, 15) is 9.90 Å². The van der Waals surface area contributed by atoms with Crippen LogP contribution >= 0.6 is 11.3 Å². The molecule has 0 unspecified atom stereocenters. The lowest BCUT2D eigenvalue weighted by atomic mass is 9.96. The monoisotopic (exact) mass is 390 g/mol. The van der Waals surface area contributed by atoms with Gasteiger partial charge in [-0.1, -0.05) is 49.8 Å². The zero-order chi connectivity index (χ0) is 20.1. The number of benzene rings is 2. The van der Waals surface area contributed by atoms with Crippen molar-refractivity contribution in [2.75, 3.05) is 0 Å². The van der Waals surface area contributed by atoms with Gasteiger partial charge in [0.05, 0.1) is 0 Å². The molecule has 142 valence electrons. The minimum atomic E-state index is -0.0582. The molecule has 0 fully saturated rings. The Balaban J connectivity index is 1.91. The van der Waals surface area contributed by atoms with Crippen molar-refractivity contribution in [3.05, 3.63) is 81.9 Å². The van der Waals surface area contributed by atoms with Crippen LogP contribution in [0.1, 0.15) is 52.4 Å². The van der Waals surface area contributed by atoms with Crippen LogP contribution < -0.4 is 0 Å². The molecule has 0 atom stereocenters.